The van der Waals surface area contributed by atoms with Crippen LogP contribution in [0.5, 0.6) is 0 Å². The first-order valence-electron chi connectivity index (χ1n) is 13.8. The van der Waals surface area contributed by atoms with Gasteiger partial charge < -0.3 is 15.8 Å². The molecule has 2 aliphatic rings. The van der Waals surface area contributed by atoms with Gasteiger partial charge in [-0.2, -0.15) is 8.42 Å². The van der Waals surface area contributed by atoms with E-state index in [4.69, 9.17) is 10.5 Å². The number of carbonyl (C=O) groups is 2. The molecule has 1 atom stereocenters. The summed E-state index contributed by atoms with van der Waals surface area (Å²) in [6.45, 7) is 2.22. The second kappa shape index (κ2) is 12.5. The number of alkyl carbamates (subject to hydrolysis) is 1. The number of ketones is 1. The summed E-state index contributed by atoms with van der Waals surface area (Å²) in [7, 11) is -2.57. The first-order valence-corrected chi connectivity index (χ1v) is 15.2. The second-order valence-corrected chi connectivity index (χ2v) is 12.3. The number of carbonyl (C=O) groups excluding carboxylic acids is 2. The number of amides is 1. The lowest BCUT2D eigenvalue weighted by Gasteiger charge is -2.34. The van der Waals surface area contributed by atoms with Crippen LogP contribution in [0.2, 0.25) is 0 Å². The first kappa shape index (κ1) is 28.9. The van der Waals surface area contributed by atoms with E-state index in [1.54, 1.807) is 24.3 Å². The molecule has 9 nitrogen and oxygen atoms in total. The summed E-state index contributed by atoms with van der Waals surface area (Å²) < 4.78 is 33.7. The maximum atomic E-state index is 12.8. The zero-order valence-electron chi connectivity index (χ0n) is 23.0. The summed E-state index contributed by atoms with van der Waals surface area (Å²) >= 11 is 0. The number of likely N-dealkylation sites (tertiary alicyclic amines) is 1. The molecule has 10 heteroatoms. The number of ether oxygens (including phenoxy) is 1. The minimum absolute atomic E-state index is 0.0253. The van der Waals surface area contributed by atoms with E-state index in [1.165, 1.54) is 0 Å². The Hall–Kier alpha value is -3.57. The molecule has 3 aromatic rings. The molecule has 0 saturated carbocycles. The van der Waals surface area contributed by atoms with Crippen molar-refractivity contribution in [2.75, 3.05) is 33.4 Å². The maximum absolute atomic E-state index is 12.8. The van der Waals surface area contributed by atoms with E-state index >= 15 is 0 Å². The van der Waals surface area contributed by atoms with Gasteiger partial charge in [-0.1, -0.05) is 60.7 Å². The van der Waals surface area contributed by atoms with Gasteiger partial charge in [-0.25, -0.2) is 4.79 Å². The first-order chi connectivity index (χ1) is 19.8. The number of nitrogens with one attached hydrogen (secondary N) is 1. The normalized spacial score (nSPS) is 16.5. The highest BCUT2D eigenvalue weighted by atomic mass is 32.2. The number of fused-ring (bicyclic) bond motifs is 3. The van der Waals surface area contributed by atoms with Crippen molar-refractivity contribution in [1.29, 1.82) is 0 Å². The van der Waals surface area contributed by atoms with Crippen molar-refractivity contribution in [3.8, 4) is 11.1 Å². The number of hydrogen-bond donors (Lipinski definition) is 2. The van der Waals surface area contributed by atoms with Gasteiger partial charge in [-0.15, -0.1) is 0 Å². The van der Waals surface area contributed by atoms with Crippen molar-refractivity contribution in [3.63, 3.8) is 0 Å². The third-order valence-corrected chi connectivity index (χ3v) is 9.39. The van der Waals surface area contributed by atoms with Crippen LogP contribution in [0.1, 0.15) is 35.4 Å². The molecule has 0 aromatic heterocycles. The zero-order valence-corrected chi connectivity index (χ0v) is 23.8. The fourth-order valence-corrected chi connectivity index (χ4v) is 6.44. The monoisotopic (exact) mass is 577 g/mol. The zero-order chi connectivity index (χ0) is 29.0. The van der Waals surface area contributed by atoms with Crippen LogP contribution < -0.4 is 11.1 Å². The number of Topliss-reactive ketones (excluding diaryl/α,β-unsaturated/α-hetero) is 1. The SMILES string of the molecule is COS(=O)(=O)c1ccc(CN2CCC(C(N)C(=O)CNC(=O)OCC3c4ccccc4-c4ccccc43)CC2)cc1. The average Bonchev–Trinajstić information content (AvgIpc) is 3.32. The molecule has 1 fully saturated rings. The van der Waals surface area contributed by atoms with Crippen molar-refractivity contribution in [2.24, 2.45) is 11.7 Å². The van der Waals surface area contributed by atoms with E-state index in [1.807, 2.05) is 24.3 Å². The van der Waals surface area contributed by atoms with Gasteiger partial charge in [0.1, 0.15) is 6.61 Å². The number of rotatable bonds is 10. The molecule has 41 heavy (non-hydrogen) atoms. The fraction of sp³-hybridized carbons (Fsp3) is 0.355. The smallest absolute Gasteiger partial charge is 0.407 e. The molecule has 0 radical (unpaired) electrons. The van der Waals surface area contributed by atoms with E-state index in [0.717, 1.165) is 60.9 Å². The van der Waals surface area contributed by atoms with Crippen LogP contribution in [0.4, 0.5) is 4.79 Å². The summed E-state index contributed by atoms with van der Waals surface area (Å²) in [5.41, 5.74) is 11.8. The summed E-state index contributed by atoms with van der Waals surface area (Å²) in [6, 6.07) is 22.2. The highest BCUT2D eigenvalue weighted by Gasteiger charge is 2.31. The molecular weight excluding hydrogens is 542 g/mol. The summed E-state index contributed by atoms with van der Waals surface area (Å²) in [4.78, 5) is 27.6. The standard InChI is InChI=1S/C31H35N3O6S/c1-39-41(37,38)23-12-10-21(11-13-23)19-34-16-14-22(15-17-34)30(32)29(35)18-33-31(36)40-20-28-26-8-4-2-6-24(26)25-7-3-5-9-27(25)28/h2-13,22,28,30H,14-20,32H2,1H3,(H,33,36). The quantitative estimate of drug-likeness (QED) is 0.350. The molecule has 1 heterocycles. The van der Waals surface area contributed by atoms with Gasteiger partial charge in [0.2, 0.25) is 0 Å². The molecule has 0 spiro atoms. The van der Waals surface area contributed by atoms with E-state index < -0.39 is 22.3 Å². The number of benzene rings is 3. The number of piperidine rings is 1. The van der Waals surface area contributed by atoms with Crippen LogP contribution in [0.3, 0.4) is 0 Å². The van der Waals surface area contributed by atoms with Gasteiger partial charge in [0, 0.05) is 12.5 Å². The van der Waals surface area contributed by atoms with Crippen LogP contribution in [-0.2, 0) is 30.4 Å². The van der Waals surface area contributed by atoms with Crippen molar-refractivity contribution >= 4 is 22.0 Å². The van der Waals surface area contributed by atoms with Crippen molar-refractivity contribution in [1.82, 2.24) is 10.2 Å². The Morgan fingerprint density at radius 2 is 1.54 bits per heavy atom. The average molecular weight is 578 g/mol. The number of nitrogens with two attached hydrogens (primary N) is 1. The van der Waals surface area contributed by atoms with Crippen LogP contribution in [0.25, 0.3) is 11.1 Å². The summed E-state index contributed by atoms with van der Waals surface area (Å²) in [5.74, 6) is -0.239. The molecule has 1 unspecified atom stereocenters. The van der Waals surface area contributed by atoms with E-state index in [-0.39, 0.29) is 35.7 Å². The third-order valence-electron chi connectivity index (χ3n) is 8.10. The van der Waals surface area contributed by atoms with E-state index in [9.17, 15) is 18.0 Å². The Labute approximate surface area is 240 Å². The predicted octanol–water partition coefficient (Wildman–Crippen LogP) is 3.67. The van der Waals surface area contributed by atoms with Gasteiger partial charge in [0.15, 0.2) is 5.78 Å². The van der Waals surface area contributed by atoms with E-state index in [2.05, 4.69) is 38.7 Å². The highest BCUT2D eigenvalue weighted by molar-refractivity contribution is 7.86. The Kier molecular flexibility index (Phi) is 8.84. The lowest BCUT2D eigenvalue weighted by atomic mass is 9.87. The summed E-state index contributed by atoms with van der Waals surface area (Å²) in [5, 5.41) is 2.58. The Bertz CT molecular complexity index is 1450. The molecule has 1 aliphatic carbocycles. The van der Waals surface area contributed by atoms with Gasteiger partial charge in [0.25, 0.3) is 10.1 Å². The van der Waals surface area contributed by atoms with Crippen LogP contribution in [0.15, 0.2) is 77.7 Å². The van der Waals surface area contributed by atoms with Gasteiger partial charge in [-0.3, -0.25) is 13.9 Å². The van der Waals surface area contributed by atoms with Crippen molar-refractivity contribution in [2.45, 2.75) is 36.2 Å². The van der Waals surface area contributed by atoms with Crippen LogP contribution in [-0.4, -0.2) is 64.6 Å². The fourth-order valence-electron chi connectivity index (χ4n) is 5.78. The second-order valence-electron chi connectivity index (χ2n) is 10.5. The van der Waals surface area contributed by atoms with Gasteiger partial charge in [0.05, 0.1) is 24.6 Å². The third kappa shape index (κ3) is 6.51. The molecule has 3 N–H and O–H groups in total. The van der Waals surface area contributed by atoms with Crippen LogP contribution in [0, 0.1) is 5.92 Å². The minimum atomic E-state index is -3.71. The summed E-state index contributed by atoms with van der Waals surface area (Å²) in [6.07, 6.45) is 0.883. The highest BCUT2D eigenvalue weighted by Crippen LogP contribution is 2.44. The van der Waals surface area contributed by atoms with E-state index in [0.29, 0.717) is 6.54 Å². The molecule has 3 aromatic carbocycles. The topological polar surface area (TPSA) is 128 Å². The minimum Gasteiger partial charge on any atom is -0.449 e. The molecule has 216 valence electrons. The largest absolute Gasteiger partial charge is 0.449 e. The molecule has 1 aliphatic heterocycles. The lowest BCUT2D eigenvalue weighted by Crippen LogP contribution is -2.48. The predicted molar refractivity (Wildman–Crippen MR) is 155 cm³/mol. The molecular formula is C31H35N3O6S. The van der Waals surface area contributed by atoms with Crippen molar-refractivity contribution < 1.29 is 26.9 Å². The molecule has 1 saturated heterocycles. The molecule has 0 bridgehead atoms. The van der Waals surface area contributed by atoms with Gasteiger partial charge >= 0.3 is 6.09 Å². The lowest BCUT2D eigenvalue weighted by molar-refractivity contribution is -0.121. The Balaban J connectivity index is 1.05. The molecule has 1 amide bonds. The number of hydrogen-bond acceptors (Lipinski definition) is 8. The maximum Gasteiger partial charge on any atom is 0.407 e. The Morgan fingerprint density at radius 1 is 0.951 bits per heavy atom. The number of nitrogens with zero attached hydrogens (tertiary/aromatic N) is 1. The Morgan fingerprint density at radius 3 is 2.12 bits per heavy atom. The molecule has 5 rings (SSSR count). The van der Waals surface area contributed by atoms with Gasteiger partial charge in [-0.05, 0) is 71.8 Å². The van der Waals surface area contributed by atoms with Crippen molar-refractivity contribution in [3.05, 3.63) is 89.5 Å². The van der Waals surface area contributed by atoms with Crippen LogP contribution >= 0.6 is 0 Å².